The maximum absolute atomic E-state index is 12.7. The van der Waals surface area contributed by atoms with Crippen LogP contribution in [0.3, 0.4) is 0 Å². The number of anilines is 1. The fraction of sp³-hybridized carbons (Fsp3) is 0.115. The highest BCUT2D eigenvalue weighted by molar-refractivity contribution is 9.10. The first kappa shape index (κ1) is 25.0. The first-order valence-corrected chi connectivity index (χ1v) is 11.8. The van der Waals surface area contributed by atoms with Gasteiger partial charge in [-0.3, -0.25) is 4.79 Å². The lowest BCUT2D eigenvalue weighted by Crippen LogP contribution is -2.13. The van der Waals surface area contributed by atoms with Gasteiger partial charge in [0.25, 0.3) is 5.91 Å². The van der Waals surface area contributed by atoms with Gasteiger partial charge in [-0.1, -0.05) is 56.1 Å². The molecule has 8 heteroatoms. The Bertz CT molecular complexity index is 1320. The van der Waals surface area contributed by atoms with Crippen molar-refractivity contribution < 1.29 is 14.3 Å². The van der Waals surface area contributed by atoms with Crippen molar-refractivity contribution >= 4 is 49.5 Å². The molecule has 3 aromatic rings. The lowest BCUT2D eigenvalue weighted by Gasteiger charge is -2.15. The highest BCUT2D eigenvalue weighted by Gasteiger charge is 2.15. The second-order valence-electron chi connectivity index (χ2n) is 6.95. The van der Waals surface area contributed by atoms with Crippen LogP contribution in [0.1, 0.15) is 23.6 Å². The number of nitrogens with zero attached hydrogens (tertiary/aromatic N) is 2. The van der Waals surface area contributed by atoms with Crippen molar-refractivity contribution in [1.29, 1.82) is 10.5 Å². The molecule has 0 bridgehead atoms. The Hall–Kier alpha value is -3.59. The van der Waals surface area contributed by atoms with Gasteiger partial charge in [-0.25, -0.2) is 0 Å². The number of rotatable bonds is 8. The van der Waals surface area contributed by atoms with Gasteiger partial charge >= 0.3 is 0 Å². The molecule has 1 amide bonds. The van der Waals surface area contributed by atoms with Gasteiger partial charge in [0, 0.05) is 20.2 Å². The summed E-state index contributed by atoms with van der Waals surface area (Å²) in [6.07, 6.45) is 1.48. The van der Waals surface area contributed by atoms with E-state index in [4.69, 9.17) is 9.47 Å². The fourth-order valence-corrected chi connectivity index (χ4v) is 3.86. The lowest BCUT2D eigenvalue weighted by molar-refractivity contribution is -0.112. The SMILES string of the molecule is CCOc1cc(/C=C(/C#N)C(=O)Nc2cccc(Br)c2)c(Br)cc1OCc1ccccc1C#N. The molecule has 34 heavy (non-hydrogen) atoms. The Morgan fingerprint density at radius 3 is 2.50 bits per heavy atom. The molecule has 3 rings (SSSR count). The van der Waals surface area contributed by atoms with E-state index in [-0.39, 0.29) is 12.2 Å². The van der Waals surface area contributed by atoms with Gasteiger partial charge in [-0.15, -0.1) is 0 Å². The number of hydrogen-bond acceptors (Lipinski definition) is 5. The molecular formula is C26H19Br2N3O3. The lowest BCUT2D eigenvalue weighted by atomic mass is 10.1. The van der Waals surface area contributed by atoms with Crippen LogP contribution < -0.4 is 14.8 Å². The summed E-state index contributed by atoms with van der Waals surface area (Å²) in [7, 11) is 0. The van der Waals surface area contributed by atoms with Crippen molar-refractivity contribution in [2.75, 3.05) is 11.9 Å². The fourth-order valence-electron chi connectivity index (χ4n) is 3.02. The van der Waals surface area contributed by atoms with Gasteiger partial charge in [0.15, 0.2) is 11.5 Å². The first-order valence-electron chi connectivity index (χ1n) is 10.2. The summed E-state index contributed by atoms with van der Waals surface area (Å²) >= 11 is 6.85. The second-order valence-corrected chi connectivity index (χ2v) is 8.72. The molecule has 0 heterocycles. The summed E-state index contributed by atoms with van der Waals surface area (Å²) in [5.74, 6) is 0.394. The molecule has 0 fully saturated rings. The molecule has 0 aliphatic carbocycles. The molecule has 0 aliphatic rings. The number of halogens is 2. The van der Waals surface area contributed by atoms with Crippen molar-refractivity contribution in [3.8, 4) is 23.6 Å². The van der Waals surface area contributed by atoms with Crippen LogP contribution >= 0.6 is 31.9 Å². The van der Waals surface area contributed by atoms with E-state index in [1.165, 1.54) is 6.08 Å². The average Bonchev–Trinajstić information content (AvgIpc) is 2.83. The van der Waals surface area contributed by atoms with E-state index in [9.17, 15) is 15.3 Å². The third-order valence-corrected chi connectivity index (χ3v) is 5.81. The smallest absolute Gasteiger partial charge is 0.266 e. The van der Waals surface area contributed by atoms with Gasteiger partial charge in [0.2, 0.25) is 0 Å². The number of hydrogen-bond donors (Lipinski definition) is 1. The minimum Gasteiger partial charge on any atom is -0.490 e. The highest BCUT2D eigenvalue weighted by Crippen LogP contribution is 2.35. The number of nitriles is 2. The minimum absolute atomic E-state index is 0.0697. The summed E-state index contributed by atoms with van der Waals surface area (Å²) in [6, 6.07) is 21.8. The predicted octanol–water partition coefficient (Wildman–Crippen LogP) is 6.61. The van der Waals surface area contributed by atoms with Gasteiger partial charge in [0.1, 0.15) is 18.2 Å². The van der Waals surface area contributed by atoms with Crippen LogP contribution in [0.2, 0.25) is 0 Å². The Balaban J connectivity index is 1.87. The van der Waals surface area contributed by atoms with E-state index < -0.39 is 5.91 Å². The van der Waals surface area contributed by atoms with Crippen LogP contribution in [0, 0.1) is 22.7 Å². The standard InChI is InChI=1S/C26H19Br2N3O3/c1-2-33-24-11-19(10-20(15-30)26(32)31-22-9-5-8-21(27)12-22)23(28)13-25(24)34-16-18-7-4-3-6-17(18)14-29/h3-13H,2,16H2,1H3,(H,31,32)/b20-10-. The van der Waals surface area contributed by atoms with Crippen molar-refractivity contribution in [3.63, 3.8) is 0 Å². The van der Waals surface area contributed by atoms with Gasteiger partial charge in [-0.2, -0.15) is 10.5 Å². The number of carbonyl (C=O) groups is 1. The number of nitrogens with one attached hydrogen (secondary N) is 1. The molecule has 0 aliphatic heterocycles. The van der Waals surface area contributed by atoms with Crippen LogP contribution in [0.15, 0.2) is 75.2 Å². The molecule has 3 aromatic carbocycles. The van der Waals surface area contributed by atoms with E-state index in [0.717, 1.165) is 10.0 Å². The minimum atomic E-state index is -0.529. The van der Waals surface area contributed by atoms with Crippen molar-refractivity contribution in [2.24, 2.45) is 0 Å². The summed E-state index contributed by atoms with van der Waals surface area (Å²) < 4.78 is 13.1. The molecule has 0 unspecified atom stereocenters. The maximum Gasteiger partial charge on any atom is 0.266 e. The Kier molecular flexibility index (Phi) is 8.86. The largest absolute Gasteiger partial charge is 0.490 e. The number of benzene rings is 3. The van der Waals surface area contributed by atoms with Gasteiger partial charge in [-0.05, 0) is 55.0 Å². The molecule has 0 aromatic heterocycles. The molecule has 0 radical (unpaired) electrons. The Labute approximate surface area is 214 Å². The molecule has 0 saturated heterocycles. The molecule has 0 atom stereocenters. The van der Waals surface area contributed by atoms with E-state index in [2.05, 4.69) is 43.2 Å². The van der Waals surface area contributed by atoms with Crippen LogP contribution in [0.25, 0.3) is 6.08 Å². The van der Waals surface area contributed by atoms with Crippen molar-refractivity contribution in [1.82, 2.24) is 0 Å². The zero-order chi connectivity index (χ0) is 24.5. The van der Waals surface area contributed by atoms with Gasteiger partial charge in [0.05, 0.1) is 18.2 Å². The summed E-state index contributed by atoms with van der Waals surface area (Å²) in [6.45, 7) is 2.42. The normalized spacial score (nSPS) is 10.7. The number of amides is 1. The van der Waals surface area contributed by atoms with Crippen molar-refractivity contribution in [2.45, 2.75) is 13.5 Å². The van der Waals surface area contributed by atoms with E-state index in [1.807, 2.05) is 31.2 Å². The molecule has 0 saturated carbocycles. The van der Waals surface area contributed by atoms with Crippen LogP contribution in [0.5, 0.6) is 11.5 Å². The van der Waals surface area contributed by atoms with E-state index in [1.54, 1.807) is 42.5 Å². The summed E-state index contributed by atoms with van der Waals surface area (Å²) in [5, 5.41) is 21.6. The number of carbonyl (C=O) groups excluding carboxylic acids is 1. The maximum atomic E-state index is 12.7. The molecular weight excluding hydrogens is 562 g/mol. The van der Waals surface area contributed by atoms with E-state index in [0.29, 0.717) is 39.4 Å². The van der Waals surface area contributed by atoms with Gasteiger partial charge < -0.3 is 14.8 Å². The summed E-state index contributed by atoms with van der Waals surface area (Å²) in [4.78, 5) is 12.7. The Morgan fingerprint density at radius 2 is 1.79 bits per heavy atom. The molecule has 1 N–H and O–H groups in total. The predicted molar refractivity (Wildman–Crippen MR) is 137 cm³/mol. The molecule has 170 valence electrons. The molecule has 6 nitrogen and oxygen atoms in total. The topological polar surface area (TPSA) is 95.1 Å². The molecule has 0 spiro atoms. The van der Waals surface area contributed by atoms with Crippen LogP contribution in [0.4, 0.5) is 5.69 Å². The van der Waals surface area contributed by atoms with E-state index >= 15 is 0 Å². The number of ether oxygens (including phenoxy) is 2. The highest BCUT2D eigenvalue weighted by atomic mass is 79.9. The van der Waals surface area contributed by atoms with Crippen LogP contribution in [-0.4, -0.2) is 12.5 Å². The van der Waals surface area contributed by atoms with Crippen LogP contribution in [-0.2, 0) is 11.4 Å². The third kappa shape index (κ3) is 6.48. The first-order chi connectivity index (χ1) is 16.4. The average molecular weight is 581 g/mol. The zero-order valence-electron chi connectivity index (χ0n) is 18.1. The monoisotopic (exact) mass is 579 g/mol. The van der Waals surface area contributed by atoms with Crippen molar-refractivity contribution in [3.05, 3.63) is 91.9 Å². The third-order valence-electron chi connectivity index (χ3n) is 4.63. The second kappa shape index (κ2) is 12.0. The zero-order valence-corrected chi connectivity index (χ0v) is 21.3. The Morgan fingerprint density at radius 1 is 1.03 bits per heavy atom. The quantitative estimate of drug-likeness (QED) is 0.239. The summed E-state index contributed by atoms with van der Waals surface area (Å²) in [5.41, 5.74) is 2.36.